The molecule has 0 bridgehead atoms. The highest BCUT2D eigenvalue weighted by atomic mass is 32.1. The van der Waals surface area contributed by atoms with Crippen LogP contribution in [-0.2, 0) is 19.3 Å². The molecule has 0 amide bonds. The lowest BCUT2D eigenvalue weighted by Crippen LogP contribution is -2.38. The Hall–Kier alpha value is -0.680. The van der Waals surface area contributed by atoms with E-state index in [1.807, 2.05) is 11.3 Å². The van der Waals surface area contributed by atoms with Crippen molar-refractivity contribution in [3.8, 4) is 0 Å². The van der Waals surface area contributed by atoms with Crippen molar-refractivity contribution in [1.29, 1.82) is 0 Å². The first-order chi connectivity index (χ1) is 8.31. The Balaban J connectivity index is 1.95. The zero-order valence-electron chi connectivity index (χ0n) is 9.98. The van der Waals surface area contributed by atoms with Gasteiger partial charge in [0, 0.05) is 20.7 Å². The zero-order chi connectivity index (χ0) is 12.1. The molecular formula is C13H18N2S2. The van der Waals surface area contributed by atoms with Gasteiger partial charge < -0.3 is 0 Å². The molecule has 0 aliphatic rings. The Labute approximate surface area is 110 Å². The second kappa shape index (κ2) is 6.31. The number of hydrogen-bond donors (Lipinski definition) is 2. The molecule has 0 aliphatic carbocycles. The van der Waals surface area contributed by atoms with Crippen molar-refractivity contribution in [2.24, 2.45) is 5.84 Å². The number of thiophene rings is 2. The van der Waals surface area contributed by atoms with E-state index in [2.05, 4.69) is 42.0 Å². The molecular weight excluding hydrogens is 248 g/mol. The summed E-state index contributed by atoms with van der Waals surface area (Å²) in [5.74, 6) is 5.64. The minimum absolute atomic E-state index is 0.331. The third-order valence-corrected chi connectivity index (χ3v) is 4.93. The molecule has 0 aliphatic heterocycles. The fraction of sp³-hybridized carbons (Fsp3) is 0.385. The number of rotatable bonds is 6. The van der Waals surface area contributed by atoms with Crippen LogP contribution in [-0.4, -0.2) is 6.04 Å². The average molecular weight is 266 g/mol. The molecule has 4 heteroatoms. The lowest BCUT2D eigenvalue weighted by atomic mass is 10.1. The summed E-state index contributed by atoms with van der Waals surface area (Å²) in [6.07, 6.45) is 3.14. The maximum atomic E-state index is 5.64. The molecule has 0 saturated heterocycles. The molecule has 2 nitrogen and oxygen atoms in total. The standard InChI is InChI=1S/C13H18N2S2/c1-2-11-5-6-13(17-11)9-10(15-14)8-12-4-3-7-16-12/h3-7,10,15H,2,8-9,14H2,1H3. The third kappa shape index (κ3) is 3.64. The van der Waals surface area contributed by atoms with E-state index in [0.717, 1.165) is 19.3 Å². The first-order valence-corrected chi connectivity index (χ1v) is 7.57. The monoisotopic (exact) mass is 266 g/mol. The second-order valence-corrected chi connectivity index (χ2v) is 6.36. The zero-order valence-corrected chi connectivity index (χ0v) is 11.6. The minimum Gasteiger partial charge on any atom is -0.271 e. The quantitative estimate of drug-likeness (QED) is 0.623. The van der Waals surface area contributed by atoms with E-state index < -0.39 is 0 Å². The van der Waals surface area contributed by atoms with E-state index in [1.54, 1.807) is 11.3 Å². The molecule has 2 aromatic heterocycles. The second-order valence-electron chi connectivity index (χ2n) is 4.07. The van der Waals surface area contributed by atoms with Crippen LogP contribution in [0.4, 0.5) is 0 Å². The van der Waals surface area contributed by atoms with Crippen molar-refractivity contribution in [3.63, 3.8) is 0 Å². The minimum atomic E-state index is 0.331. The summed E-state index contributed by atoms with van der Waals surface area (Å²) in [6, 6.07) is 9.03. The predicted octanol–water partition coefficient (Wildman–Crippen LogP) is 2.99. The van der Waals surface area contributed by atoms with Crippen LogP contribution in [0.25, 0.3) is 0 Å². The number of nitrogens with one attached hydrogen (secondary N) is 1. The van der Waals surface area contributed by atoms with Gasteiger partial charge in [0.15, 0.2) is 0 Å². The van der Waals surface area contributed by atoms with E-state index in [1.165, 1.54) is 14.6 Å². The molecule has 92 valence electrons. The van der Waals surface area contributed by atoms with Gasteiger partial charge in [-0.25, -0.2) is 0 Å². The molecule has 1 unspecified atom stereocenters. The topological polar surface area (TPSA) is 38.0 Å². The van der Waals surface area contributed by atoms with E-state index in [9.17, 15) is 0 Å². The Morgan fingerprint density at radius 1 is 1.18 bits per heavy atom. The van der Waals surface area contributed by atoms with Crippen molar-refractivity contribution in [3.05, 3.63) is 44.3 Å². The van der Waals surface area contributed by atoms with E-state index in [0.29, 0.717) is 6.04 Å². The van der Waals surface area contributed by atoms with E-state index in [4.69, 9.17) is 5.84 Å². The summed E-state index contributed by atoms with van der Waals surface area (Å²) in [7, 11) is 0. The summed E-state index contributed by atoms with van der Waals surface area (Å²) in [5.41, 5.74) is 2.93. The normalized spacial score (nSPS) is 12.8. The molecule has 2 aromatic rings. The summed E-state index contributed by atoms with van der Waals surface area (Å²) in [4.78, 5) is 4.26. The molecule has 0 radical (unpaired) electrons. The summed E-state index contributed by atoms with van der Waals surface area (Å²) >= 11 is 3.69. The first-order valence-electron chi connectivity index (χ1n) is 5.88. The third-order valence-electron chi connectivity index (χ3n) is 2.78. The first kappa shape index (κ1) is 12.8. The molecule has 0 fully saturated rings. The maximum absolute atomic E-state index is 5.64. The van der Waals surface area contributed by atoms with Crippen molar-refractivity contribution < 1.29 is 0 Å². The van der Waals surface area contributed by atoms with Crippen molar-refractivity contribution in [1.82, 2.24) is 5.43 Å². The fourth-order valence-electron chi connectivity index (χ4n) is 1.83. The van der Waals surface area contributed by atoms with Crippen LogP contribution in [0.2, 0.25) is 0 Å². The van der Waals surface area contributed by atoms with Crippen LogP contribution in [0.3, 0.4) is 0 Å². The Bertz CT molecular complexity index is 434. The molecule has 2 heterocycles. The van der Waals surface area contributed by atoms with Crippen molar-refractivity contribution in [2.45, 2.75) is 32.2 Å². The van der Waals surface area contributed by atoms with E-state index in [-0.39, 0.29) is 0 Å². The van der Waals surface area contributed by atoms with Gasteiger partial charge in [-0.15, -0.1) is 22.7 Å². The van der Waals surface area contributed by atoms with Gasteiger partial charge in [-0.3, -0.25) is 11.3 Å². The number of hydrazine groups is 1. The Morgan fingerprint density at radius 3 is 2.53 bits per heavy atom. The molecule has 2 rings (SSSR count). The van der Waals surface area contributed by atoms with Crippen LogP contribution < -0.4 is 11.3 Å². The summed E-state index contributed by atoms with van der Waals surface area (Å²) in [5, 5.41) is 2.11. The highest BCUT2D eigenvalue weighted by Gasteiger charge is 2.10. The molecule has 0 saturated carbocycles. The van der Waals surface area contributed by atoms with Gasteiger partial charge in [-0.1, -0.05) is 13.0 Å². The SMILES string of the molecule is CCc1ccc(CC(Cc2cccs2)NN)s1. The van der Waals surface area contributed by atoms with Crippen LogP contribution in [0, 0.1) is 0 Å². The van der Waals surface area contributed by atoms with Crippen LogP contribution >= 0.6 is 22.7 Å². The molecule has 1 atom stereocenters. The van der Waals surface area contributed by atoms with Gasteiger partial charge in [-0.2, -0.15) is 0 Å². The Morgan fingerprint density at radius 2 is 1.94 bits per heavy atom. The van der Waals surface area contributed by atoms with Gasteiger partial charge in [0.1, 0.15) is 0 Å². The average Bonchev–Trinajstić information content (AvgIpc) is 2.99. The summed E-state index contributed by atoms with van der Waals surface area (Å²) in [6.45, 7) is 2.19. The maximum Gasteiger partial charge on any atom is 0.0306 e. The fourth-order valence-corrected chi connectivity index (χ4v) is 3.65. The highest BCUT2D eigenvalue weighted by Crippen LogP contribution is 2.20. The smallest absolute Gasteiger partial charge is 0.0306 e. The predicted molar refractivity (Wildman–Crippen MR) is 76.5 cm³/mol. The molecule has 0 aromatic carbocycles. The van der Waals surface area contributed by atoms with Gasteiger partial charge in [0.25, 0.3) is 0 Å². The number of aryl methyl sites for hydroxylation is 1. The lowest BCUT2D eigenvalue weighted by molar-refractivity contribution is 0.529. The van der Waals surface area contributed by atoms with Crippen LogP contribution in [0.15, 0.2) is 29.6 Å². The highest BCUT2D eigenvalue weighted by molar-refractivity contribution is 7.12. The van der Waals surface area contributed by atoms with Gasteiger partial charge >= 0.3 is 0 Å². The van der Waals surface area contributed by atoms with Crippen LogP contribution in [0.1, 0.15) is 21.6 Å². The Kier molecular flexibility index (Phi) is 4.74. The van der Waals surface area contributed by atoms with Gasteiger partial charge in [0.05, 0.1) is 0 Å². The van der Waals surface area contributed by atoms with Crippen molar-refractivity contribution in [2.75, 3.05) is 0 Å². The van der Waals surface area contributed by atoms with Gasteiger partial charge in [0.2, 0.25) is 0 Å². The van der Waals surface area contributed by atoms with Crippen LogP contribution in [0.5, 0.6) is 0 Å². The largest absolute Gasteiger partial charge is 0.271 e. The summed E-state index contributed by atoms with van der Waals surface area (Å²) < 4.78 is 0. The lowest BCUT2D eigenvalue weighted by Gasteiger charge is -2.13. The molecule has 3 N–H and O–H groups in total. The molecule has 17 heavy (non-hydrogen) atoms. The van der Waals surface area contributed by atoms with E-state index >= 15 is 0 Å². The van der Waals surface area contributed by atoms with Gasteiger partial charge in [-0.05, 0) is 42.8 Å². The number of hydrogen-bond acceptors (Lipinski definition) is 4. The van der Waals surface area contributed by atoms with Crippen molar-refractivity contribution >= 4 is 22.7 Å². The number of nitrogens with two attached hydrogens (primary N) is 1. The molecule has 0 spiro atoms.